The first-order valence-electron chi connectivity index (χ1n) is 5.89. The molecule has 1 saturated heterocycles. The molecule has 0 atom stereocenters. The van der Waals surface area contributed by atoms with Crippen LogP contribution in [-0.2, 0) is 9.53 Å². The molecule has 5 nitrogen and oxygen atoms in total. The number of rotatable bonds is 6. The zero-order chi connectivity index (χ0) is 11.8. The molecule has 1 aliphatic rings. The van der Waals surface area contributed by atoms with E-state index in [1.165, 1.54) is 0 Å². The molecule has 5 heteroatoms. The predicted molar refractivity (Wildman–Crippen MR) is 61.2 cm³/mol. The number of hydrogen-bond donors (Lipinski definition) is 1. The van der Waals surface area contributed by atoms with Gasteiger partial charge < -0.3 is 14.7 Å². The van der Waals surface area contributed by atoms with Gasteiger partial charge in [-0.1, -0.05) is 0 Å². The molecule has 0 aliphatic carbocycles. The van der Waals surface area contributed by atoms with Crippen LogP contribution < -0.4 is 0 Å². The summed E-state index contributed by atoms with van der Waals surface area (Å²) < 4.78 is 5.20. The molecule has 0 unspecified atom stereocenters. The summed E-state index contributed by atoms with van der Waals surface area (Å²) in [4.78, 5) is 15.7. The first-order chi connectivity index (χ1) is 7.74. The molecule has 1 amide bonds. The summed E-state index contributed by atoms with van der Waals surface area (Å²) in [6.45, 7) is 4.28. The van der Waals surface area contributed by atoms with Gasteiger partial charge in [0.05, 0.1) is 19.8 Å². The van der Waals surface area contributed by atoms with Crippen molar-refractivity contribution in [3.63, 3.8) is 0 Å². The maximum atomic E-state index is 11.8. The Kier molecular flexibility index (Phi) is 6.37. The van der Waals surface area contributed by atoms with Gasteiger partial charge in [0.2, 0.25) is 5.91 Å². The Labute approximate surface area is 97.0 Å². The Balaban J connectivity index is 2.16. The van der Waals surface area contributed by atoms with Gasteiger partial charge in [0.25, 0.3) is 0 Å². The molecule has 0 aromatic rings. The third-order valence-electron chi connectivity index (χ3n) is 2.72. The highest BCUT2D eigenvalue weighted by atomic mass is 16.5. The van der Waals surface area contributed by atoms with Crippen molar-refractivity contribution >= 4 is 5.91 Å². The van der Waals surface area contributed by atoms with Crippen LogP contribution in [0.1, 0.15) is 12.8 Å². The van der Waals surface area contributed by atoms with E-state index in [-0.39, 0.29) is 12.5 Å². The lowest BCUT2D eigenvalue weighted by Gasteiger charge is -2.28. The van der Waals surface area contributed by atoms with E-state index in [0.717, 1.165) is 19.4 Å². The minimum Gasteiger partial charge on any atom is -0.396 e. The SMILES string of the molecule is CN(CCCCO)CC(=O)N1CCOCC1. The molecule has 0 bridgehead atoms. The third-order valence-corrected chi connectivity index (χ3v) is 2.72. The number of unbranched alkanes of at least 4 members (excludes halogenated alkanes) is 1. The summed E-state index contributed by atoms with van der Waals surface area (Å²) in [6.07, 6.45) is 1.74. The van der Waals surface area contributed by atoms with Gasteiger partial charge >= 0.3 is 0 Å². The average molecular weight is 230 g/mol. The van der Waals surface area contributed by atoms with Crippen LogP contribution >= 0.6 is 0 Å². The smallest absolute Gasteiger partial charge is 0.236 e. The minimum atomic E-state index is 0.176. The summed E-state index contributed by atoms with van der Waals surface area (Å²) in [6, 6.07) is 0. The second kappa shape index (κ2) is 7.60. The molecule has 1 fully saturated rings. The predicted octanol–water partition coefficient (Wildman–Crippen LogP) is -0.450. The van der Waals surface area contributed by atoms with Gasteiger partial charge in [-0.2, -0.15) is 0 Å². The summed E-state index contributed by atoms with van der Waals surface area (Å²) in [5.74, 6) is 0.176. The number of likely N-dealkylation sites (N-methyl/N-ethyl adjacent to an activating group) is 1. The van der Waals surface area contributed by atoms with E-state index < -0.39 is 0 Å². The number of aliphatic hydroxyl groups is 1. The van der Waals surface area contributed by atoms with Gasteiger partial charge in [-0.25, -0.2) is 0 Å². The summed E-state index contributed by atoms with van der Waals surface area (Å²) >= 11 is 0. The normalized spacial score (nSPS) is 16.8. The number of ether oxygens (including phenoxy) is 1. The van der Waals surface area contributed by atoms with Gasteiger partial charge in [-0.05, 0) is 26.4 Å². The molecule has 0 radical (unpaired) electrons. The van der Waals surface area contributed by atoms with Crippen molar-refractivity contribution in [2.45, 2.75) is 12.8 Å². The zero-order valence-corrected chi connectivity index (χ0v) is 10.0. The van der Waals surface area contributed by atoms with Crippen LogP contribution in [0.3, 0.4) is 0 Å². The first-order valence-corrected chi connectivity index (χ1v) is 5.89. The Bertz CT molecular complexity index is 205. The molecular formula is C11H22N2O3. The number of aliphatic hydroxyl groups excluding tert-OH is 1. The van der Waals surface area contributed by atoms with Crippen LogP contribution in [0.15, 0.2) is 0 Å². The van der Waals surface area contributed by atoms with E-state index in [4.69, 9.17) is 9.84 Å². The lowest BCUT2D eigenvalue weighted by Crippen LogP contribution is -2.45. The first kappa shape index (κ1) is 13.4. The molecule has 1 heterocycles. The second-order valence-electron chi connectivity index (χ2n) is 4.16. The summed E-state index contributed by atoms with van der Waals surface area (Å²) in [5, 5.41) is 8.66. The Morgan fingerprint density at radius 1 is 1.38 bits per heavy atom. The molecule has 16 heavy (non-hydrogen) atoms. The van der Waals surface area contributed by atoms with Crippen LogP contribution in [0.5, 0.6) is 0 Å². The summed E-state index contributed by atoms with van der Waals surface area (Å²) in [7, 11) is 1.94. The Hall–Kier alpha value is -0.650. The largest absolute Gasteiger partial charge is 0.396 e. The monoisotopic (exact) mass is 230 g/mol. The van der Waals surface area contributed by atoms with Crippen LogP contribution in [0.25, 0.3) is 0 Å². The van der Waals surface area contributed by atoms with Crippen molar-refractivity contribution in [1.82, 2.24) is 9.80 Å². The molecule has 0 saturated carbocycles. The maximum Gasteiger partial charge on any atom is 0.236 e. The van der Waals surface area contributed by atoms with Gasteiger partial charge in [-0.15, -0.1) is 0 Å². The van der Waals surface area contributed by atoms with Crippen LogP contribution in [0.2, 0.25) is 0 Å². The molecule has 94 valence electrons. The van der Waals surface area contributed by atoms with E-state index in [1.54, 1.807) is 0 Å². The highest BCUT2D eigenvalue weighted by Crippen LogP contribution is 1.99. The molecule has 0 aromatic carbocycles. The number of amides is 1. The van der Waals surface area contributed by atoms with Gasteiger partial charge in [0, 0.05) is 19.7 Å². The molecule has 1 N–H and O–H groups in total. The highest BCUT2D eigenvalue weighted by Gasteiger charge is 2.17. The minimum absolute atomic E-state index is 0.176. The maximum absolute atomic E-state index is 11.8. The number of nitrogens with zero attached hydrogens (tertiary/aromatic N) is 2. The Morgan fingerprint density at radius 3 is 2.69 bits per heavy atom. The molecule has 1 aliphatic heterocycles. The number of carbonyl (C=O) groups is 1. The van der Waals surface area contributed by atoms with Gasteiger partial charge in [0.1, 0.15) is 0 Å². The van der Waals surface area contributed by atoms with E-state index in [2.05, 4.69) is 0 Å². The number of morpholine rings is 1. The summed E-state index contributed by atoms with van der Waals surface area (Å²) in [5.41, 5.74) is 0. The second-order valence-corrected chi connectivity index (χ2v) is 4.16. The number of carbonyl (C=O) groups excluding carboxylic acids is 1. The fourth-order valence-corrected chi connectivity index (χ4v) is 1.72. The van der Waals surface area contributed by atoms with Gasteiger partial charge in [0.15, 0.2) is 0 Å². The standard InChI is InChI=1S/C11H22N2O3/c1-12(4-2-3-7-14)10-11(15)13-5-8-16-9-6-13/h14H,2-10H2,1H3. The lowest BCUT2D eigenvalue weighted by molar-refractivity contribution is -0.136. The third kappa shape index (κ3) is 4.92. The fourth-order valence-electron chi connectivity index (χ4n) is 1.72. The van der Waals surface area contributed by atoms with E-state index in [1.807, 2.05) is 16.8 Å². The Morgan fingerprint density at radius 2 is 2.06 bits per heavy atom. The van der Waals surface area contributed by atoms with Crippen molar-refractivity contribution in [3.8, 4) is 0 Å². The molecule has 0 spiro atoms. The molecule has 1 rings (SSSR count). The van der Waals surface area contributed by atoms with Crippen molar-refractivity contribution in [2.24, 2.45) is 0 Å². The van der Waals surface area contributed by atoms with Crippen molar-refractivity contribution in [3.05, 3.63) is 0 Å². The van der Waals surface area contributed by atoms with Crippen molar-refractivity contribution in [2.75, 3.05) is 53.0 Å². The molecule has 0 aromatic heterocycles. The quantitative estimate of drug-likeness (QED) is 0.628. The van der Waals surface area contributed by atoms with Crippen molar-refractivity contribution in [1.29, 1.82) is 0 Å². The fraction of sp³-hybridized carbons (Fsp3) is 0.909. The average Bonchev–Trinajstić information content (AvgIpc) is 2.30. The highest BCUT2D eigenvalue weighted by molar-refractivity contribution is 5.78. The van der Waals surface area contributed by atoms with Crippen LogP contribution in [0.4, 0.5) is 0 Å². The van der Waals surface area contributed by atoms with E-state index in [0.29, 0.717) is 32.8 Å². The van der Waals surface area contributed by atoms with Crippen LogP contribution in [0, 0.1) is 0 Å². The zero-order valence-electron chi connectivity index (χ0n) is 10.0. The van der Waals surface area contributed by atoms with Crippen LogP contribution in [-0.4, -0.2) is 73.9 Å². The molecular weight excluding hydrogens is 208 g/mol. The van der Waals surface area contributed by atoms with E-state index in [9.17, 15) is 4.79 Å². The number of hydrogen-bond acceptors (Lipinski definition) is 4. The van der Waals surface area contributed by atoms with Gasteiger partial charge in [-0.3, -0.25) is 9.69 Å². The topological polar surface area (TPSA) is 53.0 Å². The van der Waals surface area contributed by atoms with Crippen molar-refractivity contribution < 1.29 is 14.6 Å². The lowest BCUT2D eigenvalue weighted by atomic mass is 10.3. The van der Waals surface area contributed by atoms with E-state index >= 15 is 0 Å².